The highest BCUT2D eigenvalue weighted by Crippen LogP contribution is 2.23. The van der Waals surface area contributed by atoms with Crippen molar-refractivity contribution in [2.45, 2.75) is 38.8 Å². The van der Waals surface area contributed by atoms with Crippen LogP contribution in [0.2, 0.25) is 0 Å². The van der Waals surface area contributed by atoms with E-state index in [1.54, 1.807) is 0 Å². The van der Waals surface area contributed by atoms with Crippen molar-refractivity contribution in [3.8, 4) is 0 Å². The van der Waals surface area contributed by atoms with E-state index in [-0.39, 0.29) is 17.5 Å². The predicted octanol–water partition coefficient (Wildman–Crippen LogP) is 0.766. The fourth-order valence-corrected chi connectivity index (χ4v) is 1.70. The minimum atomic E-state index is -0.577. The van der Waals surface area contributed by atoms with E-state index in [1.807, 2.05) is 13.8 Å². The molecule has 1 aliphatic carbocycles. The average Bonchev–Trinajstić information content (AvgIpc) is 2.12. The first-order chi connectivity index (χ1) is 6.99. The van der Waals surface area contributed by atoms with Crippen molar-refractivity contribution in [3.05, 3.63) is 11.8 Å². The van der Waals surface area contributed by atoms with Gasteiger partial charge in [-0.3, -0.25) is 4.79 Å². The molecule has 3 N–H and O–H groups in total. The van der Waals surface area contributed by atoms with E-state index in [0.717, 1.165) is 0 Å². The molecule has 1 rings (SSSR count). The molecule has 4 heteroatoms. The van der Waals surface area contributed by atoms with E-state index in [0.29, 0.717) is 25.4 Å². The van der Waals surface area contributed by atoms with E-state index in [4.69, 9.17) is 0 Å². The monoisotopic (exact) mass is 213 g/mol. The number of ketones is 1. The molecule has 0 fully saturated rings. The molecule has 0 aromatic heterocycles. The van der Waals surface area contributed by atoms with Crippen LogP contribution in [0.3, 0.4) is 0 Å². The van der Waals surface area contributed by atoms with Gasteiger partial charge in [-0.25, -0.2) is 0 Å². The van der Waals surface area contributed by atoms with Gasteiger partial charge in [0.15, 0.2) is 5.78 Å². The third kappa shape index (κ3) is 4.01. The molecule has 0 radical (unpaired) electrons. The van der Waals surface area contributed by atoms with Crippen molar-refractivity contribution in [2.75, 3.05) is 6.54 Å². The Labute approximate surface area is 90.0 Å². The summed E-state index contributed by atoms with van der Waals surface area (Å²) in [5.74, 6) is -0.180. The molecule has 86 valence electrons. The topological polar surface area (TPSA) is 69.6 Å². The van der Waals surface area contributed by atoms with E-state index in [9.17, 15) is 15.0 Å². The summed E-state index contributed by atoms with van der Waals surface area (Å²) < 4.78 is 0. The number of carbonyl (C=O) groups excluding carboxylic acids is 1. The Kier molecular flexibility index (Phi) is 4.29. The highest BCUT2D eigenvalue weighted by atomic mass is 16.3. The summed E-state index contributed by atoms with van der Waals surface area (Å²) in [6, 6.07) is 0.308. The van der Waals surface area contributed by atoms with Crippen molar-refractivity contribution in [2.24, 2.45) is 5.92 Å². The van der Waals surface area contributed by atoms with Gasteiger partial charge < -0.3 is 15.5 Å². The van der Waals surface area contributed by atoms with E-state index in [2.05, 4.69) is 5.32 Å². The Hall–Kier alpha value is -0.870. The number of hydrogen-bond donors (Lipinski definition) is 3. The van der Waals surface area contributed by atoms with Crippen LogP contribution >= 0.6 is 0 Å². The zero-order chi connectivity index (χ0) is 11.4. The molecule has 0 aliphatic heterocycles. The third-order valence-electron chi connectivity index (χ3n) is 2.54. The summed E-state index contributed by atoms with van der Waals surface area (Å²) >= 11 is 0. The Morgan fingerprint density at radius 2 is 2.20 bits per heavy atom. The number of rotatable bonds is 4. The van der Waals surface area contributed by atoms with Crippen LogP contribution in [0.15, 0.2) is 11.8 Å². The van der Waals surface area contributed by atoms with Gasteiger partial charge in [0.2, 0.25) is 0 Å². The number of carbonyl (C=O) groups is 1. The summed E-state index contributed by atoms with van der Waals surface area (Å²) in [6.45, 7) is 4.45. The van der Waals surface area contributed by atoms with E-state index in [1.165, 1.54) is 6.08 Å². The fourth-order valence-electron chi connectivity index (χ4n) is 1.70. The molecule has 0 spiro atoms. The van der Waals surface area contributed by atoms with Crippen LogP contribution in [0.5, 0.6) is 0 Å². The summed E-state index contributed by atoms with van der Waals surface area (Å²) in [6.07, 6.45) is 1.39. The van der Waals surface area contributed by atoms with Crippen LogP contribution < -0.4 is 5.32 Å². The third-order valence-corrected chi connectivity index (χ3v) is 2.54. The molecular weight excluding hydrogens is 194 g/mol. The van der Waals surface area contributed by atoms with Gasteiger partial charge in [-0.15, -0.1) is 0 Å². The van der Waals surface area contributed by atoms with Crippen molar-refractivity contribution < 1.29 is 15.0 Å². The summed E-state index contributed by atoms with van der Waals surface area (Å²) in [7, 11) is 0. The van der Waals surface area contributed by atoms with Crippen LogP contribution in [-0.2, 0) is 4.79 Å². The van der Waals surface area contributed by atoms with E-state index < -0.39 is 6.10 Å². The largest absolute Gasteiger partial charge is 0.512 e. The van der Waals surface area contributed by atoms with Crippen molar-refractivity contribution in [1.82, 2.24) is 5.32 Å². The SMILES string of the molecule is CC(C)NCC(O)C1CC(=O)C=C(O)C1. The molecule has 0 aromatic carbocycles. The quantitative estimate of drug-likeness (QED) is 0.645. The lowest BCUT2D eigenvalue weighted by molar-refractivity contribution is -0.117. The zero-order valence-corrected chi connectivity index (χ0v) is 9.23. The smallest absolute Gasteiger partial charge is 0.159 e. The van der Waals surface area contributed by atoms with Crippen LogP contribution in [0.25, 0.3) is 0 Å². The lowest BCUT2D eigenvalue weighted by Crippen LogP contribution is -2.38. The van der Waals surface area contributed by atoms with Crippen molar-refractivity contribution in [1.29, 1.82) is 0 Å². The molecule has 2 unspecified atom stereocenters. The lowest BCUT2D eigenvalue weighted by Gasteiger charge is -2.25. The van der Waals surface area contributed by atoms with Crippen molar-refractivity contribution in [3.63, 3.8) is 0 Å². The van der Waals surface area contributed by atoms with Crippen LogP contribution in [0.1, 0.15) is 26.7 Å². The minimum Gasteiger partial charge on any atom is -0.512 e. The maximum atomic E-state index is 11.2. The Morgan fingerprint density at radius 3 is 2.73 bits per heavy atom. The molecular formula is C11H19NO3. The zero-order valence-electron chi connectivity index (χ0n) is 9.23. The van der Waals surface area contributed by atoms with Gasteiger partial charge in [-0.05, 0) is 0 Å². The second-order valence-corrected chi connectivity index (χ2v) is 4.40. The minimum absolute atomic E-state index is 0.0832. The summed E-state index contributed by atoms with van der Waals surface area (Å²) in [4.78, 5) is 11.2. The van der Waals surface area contributed by atoms with Gasteiger partial charge in [0.1, 0.15) is 0 Å². The first-order valence-electron chi connectivity index (χ1n) is 5.33. The second kappa shape index (κ2) is 5.28. The number of aliphatic hydroxyl groups excluding tert-OH is 2. The maximum absolute atomic E-state index is 11.2. The van der Waals surface area contributed by atoms with Gasteiger partial charge in [0, 0.05) is 37.4 Å². The van der Waals surface area contributed by atoms with Crippen LogP contribution in [0.4, 0.5) is 0 Å². The molecule has 0 aromatic rings. The number of hydrogen-bond acceptors (Lipinski definition) is 4. The molecule has 1 aliphatic rings. The first kappa shape index (κ1) is 12.2. The first-order valence-corrected chi connectivity index (χ1v) is 5.33. The molecule has 0 saturated heterocycles. The van der Waals surface area contributed by atoms with E-state index >= 15 is 0 Å². The Bertz CT molecular complexity index is 261. The molecule has 2 atom stereocenters. The molecule has 15 heavy (non-hydrogen) atoms. The van der Waals surface area contributed by atoms with Gasteiger partial charge in [0.05, 0.1) is 11.9 Å². The van der Waals surface area contributed by atoms with Crippen molar-refractivity contribution >= 4 is 5.78 Å². The summed E-state index contributed by atoms with van der Waals surface area (Å²) in [5, 5.41) is 22.2. The molecule has 4 nitrogen and oxygen atoms in total. The molecule has 0 amide bonds. The molecule has 0 saturated carbocycles. The summed E-state index contributed by atoms with van der Waals surface area (Å²) in [5.41, 5.74) is 0. The average molecular weight is 213 g/mol. The Balaban J connectivity index is 2.43. The maximum Gasteiger partial charge on any atom is 0.159 e. The van der Waals surface area contributed by atoms with Crippen LogP contribution in [0, 0.1) is 5.92 Å². The Morgan fingerprint density at radius 1 is 1.53 bits per heavy atom. The highest BCUT2D eigenvalue weighted by Gasteiger charge is 2.26. The number of nitrogens with one attached hydrogen (secondary N) is 1. The number of allylic oxidation sites excluding steroid dienone is 2. The molecule has 0 heterocycles. The second-order valence-electron chi connectivity index (χ2n) is 4.40. The fraction of sp³-hybridized carbons (Fsp3) is 0.727. The standard InChI is InChI=1S/C11H19NO3/c1-7(2)12-6-11(15)8-3-9(13)5-10(14)4-8/h5,7-8,11-13,15H,3-4,6H2,1-2H3. The van der Waals surface area contributed by atoms with Gasteiger partial charge in [-0.1, -0.05) is 13.8 Å². The van der Waals surface area contributed by atoms with Gasteiger partial charge >= 0.3 is 0 Å². The predicted molar refractivity (Wildman–Crippen MR) is 57.6 cm³/mol. The highest BCUT2D eigenvalue weighted by molar-refractivity contribution is 5.91. The van der Waals surface area contributed by atoms with Crippen LogP contribution in [-0.4, -0.2) is 34.7 Å². The lowest BCUT2D eigenvalue weighted by atomic mass is 9.87. The normalized spacial score (nSPS) is 24.1. The van der Waals surface area contributed by atoms with Gasteiger partial charge in [0.25, 0.3) is 0 Å². The number of aliphatic hydroxyl groups is 2. The van der Waals surface area contributed by atoms with Gasteiger partial charge in [-0.2, -0.15) is 0 Å². The molecule has 0 bridgehead atoms.